The molecule has 0 saturated heterocycles. The van der Waals surface area contributed by atoms with E-state index in [4.69, 9.17) is 9.57 Å². The molecule has 0 amide bonds. The highest BCUT2D eigenvalue weighted by Crippen LogP contribution is 2.16. The van der Waals surface area contributed by atoms with E-state index in [2.05, 4.69) is 5.48 Å². The Morgan fingerprint density at radius 1 is 1.23 bits per heavy atom. The lowest BCUT2D eigenvalue weighted by molar-refractivity contribution is 0.210. The highest BCUT2D eigenvalue weighted by atomic mass is 16.6. The third-order valence-corrected chi connectivity index (χ3v) is 1.48. The smallest absolute Gasteiger partial charge is 0.121 e. The molecule has 0 aliphatic rings. The van der Waals surface area contributed by atoms with Crippen LogP contribution < -0.4 is 10.2 Å². The summed E-state index contributed by atoms with van der Waals surface area (Å²) in [6.45, 7) is 5.21. The first-order chi connectivity index (χ1) is 6.36. The molecule has 0 saturated carbocycles. The molecule has 0 aromatic heterocycles. The molecule has 72 valence electrons. The summed E-state index contributed by atoms with van der Waals surface area (Å²) in [4.78, 5) is 5.05. The molecule has 1 aromatic carbocycles. The maximum Gasteiger partial charge on any atom is 0.121 e. The fraction of sp³-hybridized carbons (Fsp3) is 0.400. The van der Waals surface area contributed by atoms with E-state index in [1.807, 2.05) is 38.1 Å². The number of benzene rings is 1. The van der Waals surface area contributed by atoms with Crippen molar-refractivity contribution in [1.29, 1.82) is 0 Å². The number of nitrogens with one attached hydrogen (secondary N) is 1. The summed E-state index contributed by atoms with van der Waals surface area (Å²) < 4.78 is 5.33. The quantitative estimate of drug-likeness (QED) is 0.708. The van der Waals surface area contributed by atoms with E-state index in [-0.39, 0.29) is 0 Å². The number of hydrogen-bond acceptors (Lipinski definition) is 3. The van der Waals surface area contributed by atoms with Crippen molar-refractivity contribution in [3.8, 4) is 5.75 Å². The first-order valence-corrected chi connectivity index (χ1v) is 4.47. The average molecular weight is 181 g/mol. The van der Waals surface area contributed by atoms with E-state index in [0.717, 1.165) is 11.4 Å². The van der Waals surface area contributed by atoms with Crippen molar-refractivity contribution in [1.82, 2.24) is 0 Å². The molecule has 3 nitrogen and oxygen atoms in total. The first kappa shape index (κ1) is 9.86. The van der Waals surface area contributed by atoms with Gasteiger partial charge in [-0.1, -0.05) is 6.07 Å². The van der Waals surface area contributed by atoms with Crippen molar-refractivity contribution >= 4 is 5.69 Å². The topological polar surface area (TPSA) is 30.5 Å². The molecule has 0 fully saturated rings. The molecule has 0 heterocycles. The summed E-state index contributed by atoms with van der Waals surface area (Å²) in [5.74, 6) is 0.854. The van der Waals surface area contributed by atoms with Crippen LogP contribution in [0.1, 0.15) is 13.8 Å². The summed E-state index contributed by atoms with van der Waals surface area (Å²) in [6, 6.07) is 7.67. The molecule has 0 unspecified atom stereocenters. The van der Waals surface area contributed by atoms with Gasteiger partial charge in [0, 0.05) is 6.07 Å². The molecule has 1 N–H and O–H groups in total. The lowest BCUT2D eigenvalue weighted by atomic mass is 10.3. The van der Waals surface area contributed by atoms with Gasteiger partial charge in [0.25, 0.3) is 0 Å². The van der Waals surface area contributed by atoms with Gasteiger partial charge in [0.2, 0.25) is 0 Å². The van der Waals surface area contributed by atoms with E-state index in [9.17, 15) is 0 Å². The Bertz CT molecular complexity index is 250. The molecular weight excluding hydrogens is 166 g/mol. The van der Waals surface area contributed by atoms with Crippen LogP contribution in [0.5, 0.6) is 5.75 Å². The van der Waals surface area contributed by atoms with Crippen LogP contribution in [0, 0.1) is 0 Å². The molecule has 0 spiro atoms. The van der Waals surface area contributed by atoms with Crippen LogP contribution in [0.2, 0.25) is 0 Å². The van der Waals surface area contributed by atoms with Gasteiger partial charge >= 0.3 is 0 Å². The Kier molecular flexibility index (Phi) is 4.12. The molecule has 0 aliphatic carbocycles. The van der Waals surface area contributed by atoms with Gasteiger partial charge in [0.05, 0.1) is 18.9 Å². The molecule has 0 bridgehead atoms. The van der Waals surface area contributed by atoms with Crippen LogP contribution in [0.4, 0.5) is 5.69 Å². The zero-order chi connectivity index (χ0) is 9.52. The van der Waals surface area contributed by atoms with Crippen molar-refractivity contribution in [2.45, 2.75) is 13.8 Å². The van der Waals surface area contributed by atoms with Gasteiger partial charge in [0.15, 0.2) is 0 Å². The van der Waals surface area contributed by atoms with Crippen LogP contribution in [-0.4, -0.2) is 13.2 Å². The monoisotopic (exact) mass is 181 g/mol. The minimum Gasteiger partial charge on any atom is -0.494 e. The Labute approximate surface area is 78.6 Å². The van der Waals surface area contributed by atoms with Crippen molar-refractivity contribution in [2.75, 3.05) is 18.7 Å². The first-order valence-electron chi connectivity index (χ1n) is 4.47. The molecule has 0 radical (unpaired) electrons. The van der Waals surface area contributed by atoms with Gasteiger partial charge in [-0.3, -0.25) is 10.3 Å². The molecule has 13 heavy (non-hydrogen) atoms. The summed E-state index contributed by atoms with van der Waals surface area (Å²) in [7, 11) is 0. The second-order valence-corrected chi connectivity index (χ2v) is 2.50. The second-order valence-electron chi connectivity index (χ2n) is 2.50. The SMILES string of the molecule is CCONc1cccc(OCC)c1. The zero-order valence-corrected chi connectivity index (χ0v) is 8.04. The highest BCUT2D eigenvalue weighted by Gasteiger charge is 1.94. The molecule has 0 atom stereocenters. The molecular formula is C10H15NO2. The fourth-order valence-electron chi connectivity index (χ4n) is 0.972. The van der Waals surface area contributed by atoms with Crippen LogP contribution in [-0.2, 0) is 4.84 Å². The number of ether oxygens (including phenoxy) is 1. The summed E-state index contributed by atoms with van der Waals surface area (Å²) in [5.41, 5.74) is 3.72. The lowest BCUT2D eigenvalue weighted by Gasteiger charge is -2.07. The van der Waals surface area contributed by atoms with Crippen LogP contribution >= 0.6 is 0 Å². The Balaban J connectivity index is 2.56. The Morgan fingerprint density at radius 3 is 2.77 bits per heavy atom. The average Bonchev–Trinajstić information content (AvgIpc) is 2.16. The predicted molar refractivity (Wildman–Crippen MR) is 52.9 cm³/mol. The van der Waals surface area contributed by atoms with Crippen molar-refractivity contribution in [2.24, 2.45) is 0 Å². The van der Waals surface area contributed by atoms with Gasteiger partial charge < -0.3 is 4.74 Å². The summed E-state index contributed by atoms with van der Waals surface area (Å²) >= 11 is 0. The van der Waals surface area contributed by atoms with Crippen LogP contribution in [0.3, 0.4) is 0 Å². The maximum atomic E-state index is 5.33. The third kappa shape index (κ3) is 3.34. The van der Waals surface area contributed by atoms with Gasteiger partial charge in [-0.2, -0.15) is 0 Å². The Morgan fingerprint density at radius 2 is 2.08 bits per heavy atom. The second kappa shape index (κ2) is 5.43. The molecule has 0 aliphatic heterocycles. The zero-order valence-electron chi connectivity index (χ0n) is 8.04. The van der Waals surface area contributed by atoms with Crippen LogP contribution in [0.25, 0.3) is 0 Å². The van der Waals surface area contributed by atoms with Crippen molar-refractivity contribution < 1.29 is 9.57 Å². The van der Waals surface area contributed by atoms with Gasteiger partial charge in [-0.15, -0.1) is 0 Å². The maximum absolute atomic E-state index is 5.33. The highest BCUT2D eigenvalue weighted by molar-refractivity contribution is 5.46. The van der Waals surface area contributed by atoms with Gasteiger partial charge in [-0.25, -0.2) is 0 Å². The fourth-order valence-corrected chi connectivity index (χ4v) is 0.972. The van der Waals surface area contributed by atoms with E-state index >= 15 is 0 Å². The van der Waals surface area contributed by atoms with E-state index in [1.165, 1.54) is 0 Å². The third-order valence-electron chi connectivity index (χ3n) is 1.48. The normalized spacial score (nSPS) is 9.69. The predicted octanol–water partition coefficient (Wildman–Crippen LogP) is 2.45. The number of anilines is 1. The standard InChI is InChI=1S/C10H15NO2/c1-3-12-10-7-5-6-9(8-10)11-13-4-2/h5-8,11H,3-4H2,1-2H3. The Hall–Kier alpha value is -1.22. The van der Waals surface area contributed by atoms with E-state index in [0.29, 0.717) is 13.2 Å². The van der Waals surface area contributed by atoms with Crippen molar-refractivity contribution in [3.05, 3.63) is 24.3 Å². The number of hydrogen-bond donors (Lipinski definition) is 1. The largest absolute Gasteiger partial charge is 0.494 e. The van der Waals surface area contributed by atoms with Gasteiger partial charge in [0.1, 0.15) is 5.75 Å². The lowest BCUT2D eigenvalue weighted by Crippen LogP contribution is -2.00. The minimum atomic E-state index is 0.638. The summed E-state index contributed by atoms with van der Waals surface area (Å²) in [6.07, 6.45) is 0. The molecule has 1 aromatic rings. The van der Waals surface area contributed by atoms with E-state index < -0.39 is 0 Å². The minimum absolute atomic E-state index is 0.638. The number of rotatable bonds is 5. The van der Waals surface area contributed by atoms with Gasteiger partial charge in [-0.05, 0) is 26.0 Å². The molecule has 1 rings (SSSR count). The van der Waals surface area contributed by atoms with Crippen LogP contribution in [0.15, 0.2) is 24.3 Å². The van der Waals surface area contributed by atoms with E-state index in [1.54, 1.807) is 0 Å². The van der Waals surface area contributed by atoms with Crippen molar-refractivity contribution in [3.63, 3.8) is 0 Å². The molecule has 3 heteroatoms. The summed E-state index contributed by atoms with van der Waals surface area (Å²) in [5, 5.41) is 0.